The van der Waals surface area contributed by atoms with Crippen molar-refractivity contribution < 1.29 is 8.42 Å². The van der Waals surface area contributed by atoms with E-state index in [9.17, 15) is 8.42 Å². The molecule has 0 amide bonds. The normalized spacial score (nSPS) is 25.6. The zero-order valence-corrected chi connectivity index (χ0v) is 12.1. The number of fused-ring (bicyclic) bond motifs is 1. The summed E-state index contributed by atoms with van der Waals surface area (Å²) in [6.07, 6.45) is 3.72. The first-order chi connectivity index (χ1) is 9.13. The van der Waals surface area contributed by atoms with E-state index in [1.165, 1.54) is 6.20 Å². The average molecular weight is 305 g/mol. The molecule has 2 aliphatic rings. The first-order valence-corrected chi connectivity index (χ1v) is 8.43. The van der Waals surface area contributed by atoms with Gasteiger partial charge >= 0.3 is 0 Å². The fraction of sp³-hybridized carbons (Fsp3) is 0.727. The topological polar surface area (TPSA) is 69.3 Å². The first kappa shape index (κ1) is 13.4. The molecule has 2 aliphatic heterocycles. The van der Waals surface area contributed by atoms with E-state index in [0.717, 1.165) is 25.9 Å². The highest BCUT2D eigenvalue weighted by molar-refractivity contribution is 7.89. The van der Waals surface area contributed by atoms with Crippen molar-refractivity contribution in [1.29, 1.82) is 0 Å². The molecule has 0 aliphatic carbocycles. The molecule has 0 radical (unpaired) electrons. The third-order valence-electron chi connectivity index (χ3n) is 3.97. The van der Waals surface area contributed by atoms with E-state index in [1.807, 2.05) is 0 Å². The molecule has 1 aromatic heterocycles. The summed E-state index contributed by atoms with van der Waals surface area (Å²) in [5.41, 5.74) is 0.538. The summed E-state index contributed by atoms with van der Waals surface area (Å²) < 4.78 is 26.7. The molecule has 0 saturated carbocycles. The largest absolute Gasteiger partial charge is 0.298 e. The van der Waals surface area contributed by atoms with Crippen molar-refractivity contribution in [2.45, 2.75) is 29.8 Å². The van der Waals surface area contributed by atoms with Crippen LogP contribution in [0.15, 0.2) is 11.2 Å². The Morgan fingerprint density at radius 3 is 3.05 bits per heavy atom. The number of piperazine rings is 1. The fourth-order valence-electron chi connectivity index (χ4n) is 2.93. The Morgan fingerprint density at radius 2 is 2.26 bits per heavy atom. The van der Waals surface area contributed by atoms with E-state index >= 15 is 0 Å². The quantitative estimate of drug-likeness (QED) is 0.831. The number of nitrogens with one attached hydrogen (secondary N) is 1. The molecule has 8 heteroatoms. The summed E-state index contributed by atoms with van der Waals surface area (Å²) in [6, 6.07) is 0.367. The van der Waals surface area contributed by atoms with Gasteiger partial charge in [0.05, 0.1) is 12.1 Å². The molecule has 0 aromatic carbocycles. The Labute approximate surface area is 117 Å². The van der Waals surface area contributed by atoms with E-state index in [2.05, 4.69) is 15.1 Å². The second-order valence-corrected chi connectivity index (χ2v) is 7.20. The highest BCUT2D eigenvalue weighted by Gasteiger charge is 2.37. The lowest BCUT2D eigenvalue weighted by atomic mass is 10.2. The van der Waals surface area contributed by atoms with Crippen molar-refractivity contribution in [2.75, 3.05) is 26.2 Å². The van der Waals surface area contributed by atoms with Crippen LogP contribution in [-0.4, -0.2) is 60.0 Å². The van der Waals surface area contributed by atoms with Crippen LogP contribution in [-0.2, 0) is 15.9 Å². The van der Waals surface area contributed by atoms with Gasteiger partial charge in [-0.3, -0.25) is 10.00 Å². The molecule has 19 heavy (non-hydrogen) atoms. The van der Waals surface area contributed by atoms with Gasteiger partial charge in [-0.25, -0.2) is 8.42 Å². The predicted molar refractivity (Wildman–Crippen MR) is 71.5 cm³/mol. The Hall–Kier alpha value is -0.630. The summed E-state index contributed by atoms with van der Waals surface area (Å²) >= 11 is 5.76. The van der Waals surface area contributed by atoms with Crippen molar-refractivity contribution in [2.24, 2.45) is 0 Å². The molecule has 1 unspecified atom stereocenters. The minimum Gasteiger partial charge on any atom is -0.298 e. The number of aromatic nitrogens is 2. The summed E-state index contributed by atoms with van der Waals surface area (Å²) in [7, 11) is -3.50. The standard InChI is InChI=1S/C11H17ClN4O2S/c12-6-9-7-13-14-11(9)19(17,18)16-5-4-15-3-1-2-10(15)8-16/h7,10H,1-6,8H2,(H,13,14). The molecular formula is C11H17ClN4O2S. The maximum absolute atomic E-state index is 12.6. The molecule has 1 N–H and O–H groups in total. The zero-order chi connectivity index (χ0) is 13.5. The van der Waals surface area contributed by atoms with Crippen LogP contribution in [0.3, 0.4) is 0 Å². The molecular weight excluding hydrogens is 288 g/mol. The molecule has 1 aromatic rings. The lowest BCUT2D eigenvalue weighted by molar-refractivity contribution is 0.158. The molecule has 3 heterocycles. The van der Waals surface area contributed by atoms with Gasteiger partial charge in [-0.05, 0) is 19.4 Å². The number of halogens is 1. The lowest BCUT2D eigenvalue weighted by Gasteiger charge is -2.36. The highest BCUT2D eigenvalue weighted by Crippen LogP contribution is 2.26. The van der Waals surface area contributed by atoms with Crippen LogP contribution in [0.25, 0.3) is 0 Å². The number of hydrogen-bond acceptors (Lipinski definition) is 4. The molecule has 6 nitrogen and oxygen atoms in total. The number of sulfonamides is 1. The van der Waals surface area contributed by atoms with Gasteiger partial charge in [-0.1, -0.05) is 0 Å². The minimum atomic E-state index is -3.50. The number of nitrogens with zero attached hydrogens (tertiary/aromatic N) is 3. The van der Waals surface area contributed by atoms with Gasteiger partial charge in [-0.2, -0.15) is 9.40 Å². The van der Waals surface area contributed by atoms with E-state index in [4.69, 9.17) is 11.6 Å². The van der Waals surface area contributed by atoms with Gasteiger partial charge in [0, 0.05) is 31.2 Å². The molecule has 0 spiro atoms. The molecule has 0 bridgehead atoms. The molecule has 1 atom stereocenters. The lowest BCUT2D eigenvalue weighted by Crippen LogP contribution is -2.52. The van der Waals surface area contributed by atoms with Gasteiger partial charge in [0.2, 0.25) is 0 Å². The van der Waals surface area contributed by atoms with Gasteiger partial charge in [0.15, 0.2) is 5.03 Å². The van der Waals surface area contributed by atoms with Crippen molar-refractivity contribution in [3.8, 4) is 0 Å². The number of aromatic amines is 1. The van der Waals surface area contributed by atoms with Gasteiger partial charge < -0.3 is 0 Å². The van der Waals surface area contributed by atoms with Crippen LogP contribution in [0.1, 0.15) is 18.4 Å². The monoisotopic (exact) mass is 304 g/mol. The van der Waals surface area contributed by atoms with Crippen LogP contribution in [0.4, 0.5) is 0 Å². The average Bonchev–Trinajstić information content (AvgIpc) is 3.06. The van der Waals surface area contributed by atoms with Crippen LogP contribution in [0.5, 0.6) is 0 Å². The van der Waals surface area contributed by atoms with Crippen LogP contribution in [0, 0.1) is 0 Å². The number of rotatable bonds is 3. The maximum Gasteiger partial charge on any atom is 0.260 e. The van der Waals surface area contributed by atoms with E-state index in [1.54, 1.807) is 4.31 Å². The first-order valence-electron chi connectivity index (χ1n) is 6.45. The van der Waals surface area contributed by atoms with Crippen molar-refractivity contribution in [3.05, 3.63) is 11.8 Å². The van der Waals surface area contributed by atoms with E-state index in [-0.39, 0.29) is 10.9 Å². The van der Waals surface area contributed by atoms with Crippen molar-refractivity contribution >= 4 is 21.6 Å². The van der Waals surface area contributed by atoms with Crippen molar-refractivity contribution in [1.82, 2.24) is 19.4 Å². The second kappa shape index (κ2) is 5.05. The van der Waals surface area contributed by atoms with Gasteiger partial charge in [0.25, 0.3) is 10.0 Å². The van der Waals surface area contributed by atoms with Gasteiger partial charge in [0.1, 0.15) is 0 Å². The minimum absolute atomic E-state index is 0.147. The molecule has 2 fully saturated rings. The Morgan fingerprint density at radius 1 is 1.42 bits per heavy atom. The van der Waals surface area contributed by atoms with Crippen LogP contribution < -0.4 is 0 Å². The van der Waals surface area contributed by atoms with Crippen LogP contribution in [0.2, 0.25) is 0 Å². The fourth-order valence-corrected chi connectivity index (χ4v) is 4.78. The highest BCUT2D eigenvalue weighted by atomic mass is 35.5. The number of H-pyrrole nitrogens is 1. The molecule has 2 saturated heterocycles. The van der Waals surface area contributed by atoms with Crippen molar-refractivity contribution in [3.63, 3.8) is 0 Å². The van der Waals surface area contributed by atoms with E-state index < -0.39 is 10.0 Å². The summed E-state index contributed by atoms with van der Waals surface area (Å²) in [6.45, 7) is 3.02. The summed E-state index contributed by atoms with van der Waals surface area (Å²) in [4.78, 5) is 2.38. The summed E-state index contributed by atoms with van der Waals surface area (Å²) in [5.74, 6) is 0.147. The molecule has 106 valence electrons. The third kappa shape index (κ3) is 2.29. The Balaban J connectivity index is 1.85. The van der Waals surface area contributed by atoms with Gasteiger partial charge in [-0.15, -0.1) is 11.6 Å². The smallest absolute Gasteiger partial charge is 0.260 e. The summed E-state index contributed by atoms with van der Waals surface area (Å²) in [5, 5.41) is 6.52. The Kier molecular flexibility index (Phi) is 3.55. The zero-order valence-electron chi connectivity index (χ0n) is 10.5. The maximum atomic E-state index is 12.6. The Bertz CT molecular complexity index is 559. The SMILES string of the molecule is O=S(=O)(c1[nH]ncc1CCl)N1CCN2CCCC2C1. The predicted octanol–water partition coefficient (Wildman–Crippen LogP) is 0.617. The number of hydrogen-bond donors (Lipinski definition) is 1. The van der Waals surface area contributed by atoms with Crippen LogP contribution >= 0.6 is 11.6 Å². The third-order valence-corrected chi connectivity index (χ3v) is 6.14. The second-order valence-electron chi connectivity index (χ2n) is 5.05. The molecule has 3 rings (SSSR count). The number of alkyl halides is 1. The van der Waals surface area contributed by atoms with E-state index in [0.29, 0.717) is 24.7 Å².